The summed E-state index contributed by atoms with van der Waals surface area (Å²) in [5, 5.41) is 10.6. The Balaban J connectivity index is 2.54. The maximum Gasteiger partial charge on any atom is 0.204 e. The molecule has 3 nitrogen and oxygen atoms in total. The predicted molar refractivity (Wildman–Crippen MR) is 56.2 cm³/mol. The summed E-state index contributed by atoms with van der Waals surface area (Å²) in [7, 11) is 0. The molecule has 2 heterocycles. The fourth-order valence-corrected chi connectivity index (χ4v) is 1.68. The molecule has 0 saturated heterocycles. The van der Waals surface area contributed by atoms with Gasteiger partial charge in [0, 0.05) is 23.0 Å². The van der Waals surface area contributed by atoms with Crippen molar-refractivity contribution >= 4 is 21.9 Å². The zero-order valence-corrected chi connectivity index (χ0v) is 7.77. The van der Waals surface area contributed by atoms with Crippen LogP contribution in [0.2, 0.25) is 0 Å². The van der Waals surface area contributed by atoms with Crippen LogP contribution in [-0.2, 0) is 0 Å². The average molecular weight is 194 g/mol. The Labute approximate surface area is 85.6 Å². The summed E-state index contributed by atoms with van der Waals surface area (Å²) in [5.74, 6) is 0.322. The lowest BCUT2D eigenvalue weighted by molar-refractivity contribution is 0.602. The molecule has 0 amide bonds. The SMILES string of the molecule is N#Cc1cc2cnc3ccccc3c2o1. The van der Waals surface area contributed by atoms with Crippen molar-refractivity contribution in [2.75, 3.05) is 0 Å². The van der Waals surface area contributed by atoms with E-state index in [0.717, 1.165) is 21.9 Å². The van der Waals surface area contributed by atoms with E-state index < -0.39 is 0 Å². The van der Waals surface area contributed by atoms with Gasteiger partial charge in [0.05, 0.1) is 5.52 Å². The van der Waals surface area contributed by atoms with Crippen molar-refractivity contribution in [3.05, 3.63) is 42.3 Å². The standard InChI is InChI=1S/C12H6N2O/c13-6-9-5-8-7-14-11-4-2-1-3-10(11)12(8)15-9/h1-5,7H. The Morgan fingerprint density at radius 1 is 1.27 bits per heavy atom. The van der Waals surface area contributed by atoms with Gasteiger partial charge in [0.15, 0.2) is 0 Å². The van der Waals surface area contributed by atoms with Gasteiger partial charge in [0.2, 0.25) is 5.76 Å². The van der Waals surface area contributed by atoms with Crippen LogP contribution in [0.3, 0.4) is 0 Å². The first-order valence-electron chi connectivity index (χ1n) is 4.56. The van der Waals surface area contributed by atoms with Gasteiger partial charge >= 0.3 is 0 Å². The van der Waals surface area contributed by atoms with E-state index in [0.29, 0.717) is 5.76 Å². The first kappa shape index (κ1) is 8.01. The number of aromatic nitrogens is 1. The molecule has 2 aromatic heterocycles. The molecule has 70 valence electrons. The van der Waals surface area contributed by atoms with Crippen LogP contribution in [0.5, 0.6) is 0 Å². The fraction of sp³-hybridized carbons (Fsp3) is 0. The second-order valence-electron chi connectivity index (χ2n) is 3.28. The third kappa shape index (κ3) is 1.09. The molecule has 0 atom stereocenters. The van der Waals surface area contributed by atoms with Gasteiger partial charge in [-0.1, -0.05) is 12.1 Å². The van der Waals surface area contributed by atoms with Gasteiger partial charge in [-0.2, -0.15) is 5.26 Å². The van der Waals surface area contributed by atoms with E-state index in [1.807, 2.05) is 30.3 Å². The number of nitriles is 1. The van der Waals surface area contributed by atoms with E-state index in [1.165, 1.54) is 0 Å². The number of nitrogens with zero attached hydrogens (tertiary/aromatic N) is 2. The number of hydrogen-bond donors (Lipinski definition) is 0. The molecular weight excluding hydrogens is 188 g/mol. The maximum atomic E-state index is 8.75. The summed E-state index contributed by atoms with van der Waals surface area (Å²) in [5.41, 5.74) is 1.61. The van der Waals surface area contributed by atoms with Crippen molar-refractivity contribution in [1.82, 2.24) is 4.98 Å². The Hall–Kier alpha value is -2.34. The van der Waals surface area contributed by atoms with Gasteiger partial charge in [0.1, 0.15) is 11.7 Å². The highest BCUT2D eigenvalue weighted by molar-refractivity contribution is 6.02. The van der Waals surface area contributed by atoms with Gasteiger partial charge in [0.25, 0.3) is 0 Å². The second-order valence-corrected chi connectivity index (χ2v) is 3.28. The van der Waals surface area contributed by atoms with Crippen molar-refractivity contribution < 1.29 is 4.42 Å². The van der Waals surface area contributed by atoms with E-state index in [2.05, 4.69) is 4.98 Å². The lowest BCUT2D eigenvalue weighted by Gasteiger charge is -1.95. The third-order valence-corrected chi connectivity index (χ3v) is 2.36. The zero-order chi connectivity index (χ0) is 10.3. The Bertz CT molecular complexity index is 691. The Morgan fingerprint density at radius 3 is 3.00 bits per heavy atom. The minimum Gasteiger partial charge on any atom is -0.445 e. The minimum absolute atomic E-state index is 0.322. The van der Waals surface area contributed by atoms with Crippen LogP contribution in [0.4, 0.5) is 0 Å². The molecule has 15 heavy (non-hydrogen) atoms. The minimum atomic E-state index is 0.322. The van der Waals surface area contributed by atoms with Gasteiger partial charge in [-0.05, 0) is 12.1 Å². The highest BCUT2D eigenvalue weighted by Gasteiger charge is 2.07. The van der Waals surface area contributed by atoms with Crippen molar-refractivity contribution in [3.63, 3.8) is 0 Å². The highest BCUT2D eigenvalue weighted by Crippen LogP contribution is 2.25. The summed E-state index contributed by atoms with van der Waals surface area (Å²) >= 11 is 0. The molecule has 0 aliphatic carbocycles. The van der Waals surface area contributed by atoms with E-state index in [-0.39, 0.29) is 0 Å². The van der Waals surface area contributed by atoms with Crippen LogP contribution in [0.15, 0.2) is 40.9 Å². The van der Waals surface area contributed by atoms with E-state index in [1.54, 1.807) is 12.3 Å². The molecule has 0 aliphatic rings. The molecule has 1 aromatic carbocycles. The molecule has 0 N–H and O–H groups in total. The first-order valence-corrected chi connectivity index (χ1v) is 4.56. The molecule has 3 rings (SSSR count). The number of rotatable bonds is 0. The van der Waals surface area contributed by atoms with E-state index in [9.17, 15) is 0 Å². The number of furan rings is 1. The van der Waals surface area contributed by atoms with Crippen molar-refractivity contribution in [3.8, 4) is 6.07 Å². The number of benzene rings is 1. The summed E-state index contributed by atoms with van der Waals surface area (Å²) in [6, 6.07) is 11.4. The molecule has 0 bridgehead atoms. The molecular formula is C12H6N2O. The van der Waals surface area contributed by atoms with Crippen molar-refractivity contribution in [1.29, 1.82) is 5.26 Å². The van der Waals surface area contributed by atoms with Crippen LogP contribution < -0.4 is 0 Å². The van der Waals surface area contributed by atoms with Crippen LogP contribution in [0.25, 0.3) is 21.9 Å². The van der Waals surface area contributed by atoms with Crippen LogP contribution in [0, 0.1) is 11.3 Å². The lowest BCUT2D eigenvalue weighted by atomic mass is 10.2. The van der Waals surface area contributed by atoms with E-state index in [4.69, 9.17) is 9.68 Å². The number of hydrogen-bond acceptors (Lipinski definition) is 3. The summed E-state index contributed by atoms with van der Waals surface area (Å²) in [6.45, 7) is 0. The van der Waals surface area contributed by atoms with Gasteiger partial charge in [-0.3, -0.25) is 4.98 Å². The molecule has 0 radical (unpaired) electrons. The lowest BCUT2D eigenvalue weighted by Crippen LogP contribution is -1.77. The van der Waals surface area contributed by atoms with Gasteiger partial charge < -0.3 is 4.42 Å². The van der Waals surface area contributed by atoms with E-state index >= 15 is 0 Å². The molecule has 0 fully saturated rings. The molecule has 3 heteroatoms. The van der Waals surface area contributed by atoms with Crippen LogP contribution in [0.1, 0.15) is 5.76 Å². The smallest absolute Gasteiger partial charge is 0.204 e. The highest BCUT2D eigenvalue weighted by atomic mass is 16.3. The Morgan fingerprint density at radius 2 is 2.13 bits per heavy atom. The maximum absolute atomic E-state index is 8.75. The van der Waals surface area contributed by atoms with Crippen molar-refractivity contribution in [2.45, 2.75) is 0 Å². The first-order chi connectivity index (χ1) is 7.38. The molecule has 0 aliphatic heterocycles. The predicted octanol–water partition coefficient (Wildman–Crippen LogP) is 2.85. The monoisotopic (exact) mass is 194 g/mol. The largest absolute Gasteiger partial charge is 0.445 e. The third-order valence-electron chi connectivity index (χ3n) is 2.36. The van der Waals surface area contributed by atoms with Crippen LogP contribution >= 0.6 is 0 Å². The molecule has 0 saturated carbocycles. The van der Waals surface area contributed by atoms with Crippen molar-refractivity contribution in [2.24, 2.45) is 0 Å². The Kier molecular flexibility index (Phi) is 1.51. The fourth-order valence-electron chi connectivity index (χ4n) is 1.68. The molecule has 3 aromatic rings. The molecule has 0 spiro atoms. The summed E-state index contributed by atoms with van der Waals surface area (Å²) in [4.78, 5) is 4.29. The summed E-state index contributed by atoms with van der Waals surface area (Å²) in [6.07, 6.45) is 1.72. The average Bonchev–Trinajstić information content (AvgIpc) is 2.72. The normalized spacial score (nSPS) is 10.6. The second kappa shape index (κ2) is 2.82. The number of fused-ring (bicyclic) bond motifs is 3. The van der Waals surface area contributed by atoms with Gasteiger partial charge in [-0.25, -0.2) is 0 Å². The van der Waals surface area contributed by atoms with Crippen LogP contribution in [-0.4, -0.2) is 4.98 Å². The summed E-state index contributed by atoms with van der Waals surface area (Å²) < 4.78 is 5.43. The molecule has 0 unspecified atom stereocenters. The quantitative estimate of drug-likeness (QED) is 0.552. The zero-order valence-electron chi connectivity index (χ0n) is 7.77. The number of para-hydroxylation sites is 1. The van der Waals surface area contributed by atoms with Gasteiger partial charge in [-0.15, -0.1) is 0 Å². The number of pyridine rings is 1. The topological polar surface area (TPSA) is 49.8 Å².